The van der Waals surface area contributed by atoms with E-state index in [-0.39, 0.29) is 10.8 Å². The first-order chi connectivity index (χ1) is 8.22. The molecule has 0 aromatic carbocycles. The number of halogens is 1. The van der Waals surface area contributed by atoms with E-state index in [1.54, 1.807) is 22.9 Å². The molecule has 5 heteroatoms. The summed E-state index contributed by atoms with van der Waals surface area (Å²) in [5, 5.41) is 1.01. The maximum atomic E-state index is 11.8. The second-order valence-electron chi connectivity index (χ2n) is 3.95. The van der Waals surface area contributed by atoms with Gasteiger partial charge in [0.15, 0.2) is 0 Å². The second kappa shape index (κ2) is 5.27. The van der Waals surface area contributed by atoms with Crippen molar-refractivity contribution in [3.8, 4) is 0 Å². The van der Waals surface area contributed by atoms with Crippen LogP contribution in [0.15, 0.2) is 23.1 Å². The van der Waals surface area contributed by atoms with Crippen LogP contribution in [0.1, 0.15) is 26.2 Å². The van der Waals surface area contributed by atoms with Crippen LogP contribution in [0.2, 0.25) is 5.28 Å². The molecule has 0 unspecified atom stereocenters. The molecule has 0 spiro atoms. The van der Waals surface area contributed by atoms with Crippen LogP contribution < -0.4 is 5.56 Å². The summed E-state index contributed by atoms with van der Waals surface area (Å²) in [6.45, 7) is 2.81. The van der Waals surface area contributed by atoms with Crippen LogP contribution in [0.4, 0.5) is 0 Å². The van der Waals surface area contributed by atoms with E-state index < -0.39 is 0 Å². The second-order valence-corrected chi connectivity index (χ2v) is 4.29. The lowest BCUT2D eigenvalue weighted by Gasteiger charge is -2.08. The summed E-state index contributed by atoms with van der Waals surface area (Å²) >= 11 is 5.77. The third-order valence-electron chi connectivity index (χ3n) is 2.68. The Morgan fingerprint density at radius 1 is 1.35 bits per heavy atom. The maximum Gasteiger partial charge on any atom is 0.252 e. The number of nitrogens with zero attached hydrogens (tertiary/aromatic N) is 3. The number of fused-ring (bicyclic) bond motifs is 1. The molecule has 17 heavy (non-hydrogen) atoms. The topological polar surface area (TPSA) is 47.8 Å². The largest absolute Gasteiger partial charge is 0.293 e. The number of pyridine rings is 1. The van der Waals surface area contributed by atoms with E-state index in [0.717, 1.165) is 24.6 Å². The monoisotopic (exact) mass is 251 g/mol. The van der Waals surface area contributed by atoms with E-state index in [4.69, 9.17) is 11.6 Å². The summed E-state index contributed by atoms with van der Waals surface area (Å²) < 4.78 is 1.67. The number of aromatic nitrogens is 3. The molecule has 0 amide bonds. The first-order valence-electron chi connectivity index (χ1n) is 5.74. The number of hydrogen-bond acceptors (Lipinski definition) is 3. The molecule has 0 bridgehead atoms. The van der Waals surface area contributed by atoms with Crippen LogP contribution in [-0.2, 0) is 6.54 Å². The van der Waals surface area contributed by atoms with Gasteiger partial charge in [0.1, 0.15) is 5.65 Å². The molecule has 0 radical (unpaired) electrons. The minimum absolute atomic E-state index is 0.0385. The van der Waals surface area contributed by atoms with E-state index >= 15 is 0 Å². The van der Waals surface area contributed by atoms with Crippen molar-refractivity contribution in [1.82, 2.24) is 14.5 Å². The van der Waals surface area contributed by atoms with Crippen LogP contribution in [0.25, 0.3) is 11.0 Å². The molecule has 2 aromatic heterocycles. The van der Waals surface area contributed by atoms with Crippen molar-refractivity contribution >= 4 is 22.6 Å². The number of aryl methyl sites for hydroxylation is 1. The van der Waals surface area contributed by atoms with Crippen molar-refractivity contribution < 1.29 is 0 Å². The summed E-state index contributed by atoms with van der Waals surface area (Å²) in [6, 6.07) is 3.27. The minimum Gasteiger partial charge on any atom is -0.293 e. The predicted molar refractivity (Wildman–Crippen MR) is 68.3 cm³/mol. The van der Waals surface area contributed by atoms with Gasteiger partial charge in [-0.15, -0.1) is 0 Å². The molecule has 0 aliphatic rings. The summed E-state index contributed by atoms with van der Waals surface area (Å²) in [4.78, 5) is 19.8. The van der Waals surface area contributed by atoms with Crippen LogP contribution >= 0.6 is 11.6 Å². The van der Waals surface area contributed by atoms with Gasteiger partial charge in [-0.2, -0.15) is 4.98 Å². The highest BCUT2D eigenvalue weighted by Gasteiger charge is 2.05. The third kappa shape index (κ3) is 2.64. The zero-order valence-electron chi connectivity index (χ0n) is 9.69. The molecule has 90 valence electrons. The Morgan fingerprint density at radius 2 is 2.18 bits per heavy atom. The minimum atomic E-state index is -0.0385. The van der Waals surface area contributed by atoms with Gasteiger partial charge in [0, 0.05) is 24.2 Å². The normalized spacial score (nSPS) is 10.9. The zero-order chi connectivity index (χ0) is 12.3. The SMILES string of the molecule is CCCCCn1c(=O)ccc2cnc(Cl)nc21. The quantitative estimate of drug-likeness (QED) is 0.620. The maximum absolute atomic E-state index is 11.8. The third-order valence-corrected chi connectivity index (χ3v) is 2.86. The van der Waals surface area contributed by atoms with E-state index in [0.29, 0.717) is 12.2 Å². The molecule has 4 nitrogen and oxygen atoms in total. The highest BCUT2D eigenvalue weighted by Crippen LogP contribution is 2.11. The number of hydrogen-bond donors (Lipinski definition) is 0. The first-order valence-corrected chi connectivity index (χ1v) is 6.12. The van der Waals surface area contributed by atoms with Crippen molar-refractivity contribution in [1.29, 1.82) is 0 Å². The number of unbranched alkanes of at least 4 members (excludes halogenated alkanes) is 2. The van der Waals surface area contributed by atoms with Gasteiger partial charge < -0.3 is 0 Å². The lowest BCUT2D eigenvalue weighted by molar-refractivity contribution is 0.599. The highest BCUT2D eigenvalue weighted by atomic mass is 35.5. The Labute approximate surface area is 104 Å². The van der Waals surface area contributed by atoms with Crippen LogP contribution in [0.5, 0.6) is 0 Å². The fourth-order valence-corrected chi connectivity index (χ4v) is 1.92. The van der Waals surface area contributed by atoms with Gasteiger partial charge in [-0.1, -0.05) is 19.8 Å². The average Bonchev–Trinajstić information content (AvgIpc) is 2.32. The predicted octanol–water partition coefficient (Wildman–Crippen LogP) is 2.64. The smallest absolute Gasteiger partial charge is 0.252 e. The van der Waals surface area contributed by atoms with Gasteiger partial charge in [-0.05, 0) is 24.1 Å². The Balaban J connectivity index is 2.47. The van der Waals surface area contributed by atoms with Gasteiger partial charge in [-0.25, -0.2) is 4.98 Å². The van der Waals surface area contributed by atoms with Gasteiger partial charge in [0.05, 0.1) is 0 Å². The fraction of sp³-hybridized carbons (Fsp3) is 0.417. The average molecular weight is 252 g/mol. The van der Waals surface area contributed by atoms with Crippen molar-refractivity contribution in [2.75, 3.05) is 0 Å². The lowest BCUT2D eigenvalue weighted by Crippen LogP contribution is -2.20. The summed E-state index contributed by atoms with van der Waals surface area (Å²) in [5.41, 5.74) is 0.581. The van der Waals surface area contributed by atoms with Crippen molar-refractivity contribution in [3.63, 3.8) is 0 Å². The lowest BCUT2D eigenvalue weighted by atomic mass is 10.2. The van der Waals surface area contributed by atoms with E-state index in [2.05, 4.69) is 16.9 Å². The molecule has 0 aliphatic carbocycles. The Hall–Kier alpha value is -1.42. The van der Waals surface area contributed by atoms with Crippen LogP contribution in [0, 0.1) is 0 Å². The zero-order valence-corrected chi connectivity index (χ0v) is 10.4. The van der Waals surface area contributed by atoms with Gasteiger partial charge >= 0.3 is 0 Å². The molecular formula is C12H14ClN3O. The van der Waals surface area contributed by atoms with E-state index in [1.807, 2.05) is 0 Å². The molecular weight excluding hydrogens is 238 g/mol. The van der Waals surface area contributed by atoms with Crippen molar-refractivity contribution in [2.24, 2.45) is 0 Å². The molecule has 0 N–H and O–H groups in total. The molecule has 0 aliphatic heterocycles. The Kier molecular flexibility index (Phi) is 3.74. The summed E-state index contributed by atoms with van der Waals surface area (Å²) in [5.74, 6) is 0. The highest BCUT2D eigenvalue weighted by molar-refractivity contribution is 6.28. The molecule has 0 fully saturated rings. The molecule has 2 rings (SSSR count). The van der Waals surface area contributed by atoms with E-state index in [1.165, 1.54) is 0 Å². The molecule has 0 saturated heterocycles. The van der Waals surface area contributed by atoms with Gasteiger partial charge in [0.2, 0.25) is 5.28 Å². The van der Waals surface area contributed by atoms with Crippen molar-refractivity contribution in [3.05, 3.63) is 34.0 Å². The first kappa shape index (κ1) is 12.0. The molecule has 2 aromatic rings. The fourth-order valence-electron chi connectivity index (χ4n) is 1.79. The molecule has 0 saturated carbocycles. The van der Waals surface area contributed by atoms with Gasteiger partial charge in [-0.3, -0.25) is 9.36 Å². The molecule has 2 heterocycles. The van der Waals surface area contributed by atoms with Crippen LogP contribution in [-0.4, -0.2) is 14.5 Å². The Morgan fingerprint density at radius 3 is 2.94 bits per heavy atom. The summed E-state index contributed by atoms with van der Waals surface area (Å²) in [6.07, 6.45) is 4.83. The molecule has 0 atom stereocenters. The summed E-state index contributed by atoms with van der Waals surface area (Å²) in [7, 11) is 0. The number of rotatable bonds is 4. The van der Waals surface area contributed by atoms with Crippen LogP contribution in [0.3, 0.4) is 0 Å². The van der Waals surface area contributed by atoms with Crippen molar-refractivity contribution in [2.45, 2.75) is 32.7 Å². The Bertz CT molecular complexity index is 579. The van der Waals surface area contributed by atoms with E-state index in [9.17, 15) is 4.79 Å². The van der Waals surface area contributed by atoms with Gasteiger partial charge in [0.25, 0.3) is 5.56 Å². The standard InChI is InChI=1S/C12H14ClN3O/c1-2-3-4-7-16-10(17)6-5-9-8-14-12(13)15-11(9)16/h5-6,8H,2-4,7H2,1H3.